The van der Waals surface area contributed by atoms with E-state index >= 15 is 0 Å². The molecule has 0 aromatic heterocycles. The Morgan fingerprint density at radius 1 is 1.31 bits per heavy atom. The molecule has 0 fully saturated rings. The summed E-state index contributed by atoms with van der Waals surface area (Å²) in [4.78, 5) is 2.37. The van der Waals surface area contributed by atoms with Gasteiger partial charge in [-0.1, -0.05) is 13.8 Å². The Morgan fingerprint density at radius 3 is 2.31 bits per heavy atom. The number of aliphatic hydroxyl groups is 1. The summed E-state index contributed by atoms with van der Waals surface area (Å²) in [7, 11) is 2.16. The van der Waals surface area contributed by atoms with Gasteiger partial charge in [-0.2, -0.15) is 0 Å². The molecular formula is C13H30N2O. The molecule has 0 amide bonds. The predicted molar refractivity (Wildman–Crippen MR) is 70.5 cm³/mol. The maximum Gasteiger partial charge on any atom is 0.0741 e. The molecule has 0 spiro atoms. The third kappa shape index (κ3) is 7.20. The molecule has 0 aromatic rings. The molecule has 3 heteroatoms. The fourth-order valence-corrected chi connectivity index (χ4v) is 1.89. The minimum Gasteiger partial charge on any atom is -0.389 e. The highest BCUT2D eigenvalue weighted by molar-refractivity contribution is 4.74. The number of hydrogen-bond acceptors (Lipinski definition) is 3. The van der Waals surface area contributed by atoms with Crippen molar-refractivity contribution < 1.29 is 5.11 Å². The van der Waals surface area contributed by atoms with Crippen molar-refractivity contribution in [3.63, 3.8) is 0 Å². The molecule has 2 unspecified atom stereocenters. The van der Waals surface area contributed by atoms with Gasteiger partial charge in [0.1, 0.15) is 0 Å². The van der Waals surface area contributed by atoms with E-state index in [0.717, 1.165) is 25.3 Å². The van der Waals surface area contributed by atoms with Crippen LogP contribution in [0.2, 0.25) is 0 Å². The molecule has 0 heterocycles. The van der Waals surface area contributed by atoms with Gasteiger partial charge >= 0.3 is 0 Å². The van der Waals surface area contributed by atoms with Gasteiger partial charge in [-0.3, -0.25) is 0 Å². The van der Waals surface area contributed by atoms with Crippen LogP contribution in [0.1, 0.15) is 47.0 Å². The summed E-state index contributed by atoms with van der Waals surface area (Å²) in [5.41, 5.74) is 4.79. The Morgan fingerprint density at radius 2 is 1.88 bits per heavy atom. The van der Waals surface area contributed by atoms with Gasteiger partial charge in [0, 0.05) is 12.6 Å². The van der Waals surface area contributed by atoms with Crippen LogP contribution in [0.5, 0.6) is 0 Å². The fourth-order valence-electron chi connectivity index (χ4n) is 1.89. The molecule has 3 nitrogen and oxygen atoms in total. The molecule has 0 saturated heterocycles. The highest BCUT2D eigenvalue weighted by Crippen LogP contribution is 2.13. The smallest absolute Gasteiger partial charge is 0.0741 e. The normalized spacial score (nSPS) is 17.8. The SMILES string of the molecule is CC(C)CC(C)N(C)CCCC(C)(O)CN. The average Bonchev–Trinajstić information content (AvgIpc) is 2.16. The van der Waals surface area contributed by atoms with Crippen LogP contribution in [-0.2, 0) is 0 Å². The van der Waals surface area contributed by atoms with Gasteiger partial charge in [0.05, 0.1) is 5.60 Å². The summed E-state index contributed by atoms with van der Waals surface area (Å²) in [6.07, 6.45) is 3.01. The maximum absolute atomic E-state index is 9.78. The second kappa shape index (κ2) is 7.25. The van der Waals surface area contributed by atoms with Crippen LogP contribution in [0.3, 0.4) is 0 Å². The quantitative estimate of drug-likeness (QED) is 0.669. The molecule has 0 bridgehead atoms. The highest BCUT2D eigenvalue weighted by atomic mass is 16.3. The van der Waals surface area contributed by atoms with Crippen LogP contribution in [0.4, 0.5) is 0 Å². The standard InChI is InChI=1S/C13H30N2O/c1-11(2)9-12(3)15(5)8-6-7-13(4,16)10-14/h11-12,16H,6-10,14H2,1-5H3. The van der Waals surface area contributed by atoms with Crippen LogP contribution < -0.4 is 5.73 Å². The van der Waals surface area contributed by atoms with Crippen LogP contribution in [0.25, 0.3) is 0 Å². The third-order valence-electron chi connectivity index (χ3n) is 3.23. The molecular weight excluding hydrogens is 200 g/mol. The summed E-state index contributed by atoms with van der Waals surface area (Å²) < 4.78 is 0. The van der Waals surface area contributed by atoms with E-state index in [1.165, 1.54) is 6.42 Å². The molecule has 0 saturated carbocycles. The van der Waals surface area contributed by atoms with Gasteiger partial charge in [-0.05, 0) is 52.6 Å². The van der Waals surface area contributed by atoms with Crippen molar-refractivity contribution in [1.29, 1.82) is 0 Å². The highest BCUT2D eigenvalue weighted by Gasteiger charge is 2.18. The monoisotopic (exact) mass is 230 g/mol. The van der Waals surface area contributed by atoms with Crippen LogP contribution in [0.15, 0.2) is 0 Å². The van der Waals surface area contributed by atoms with E-state index in [2.05, 4.69) is 32.7 Å². The average molecular weight is 230 g/mol. The molecule has 0 aliphatic heterocycles. The van der Waals surface area contributed by atoms with E-state index in [1.54, 1.807) is 0 Å². The Labute approximate surface area is 101 Å². The van der Waals surface area contributed by atoms with Gasteiger partial charge < -0.3 is 15.7 Å². The second-order valence-electron chi connectivity index (χ2n) is 5.76. The Balaban J connectivity index is 3.76. The van der Waals surface area contributed by atoms with Crippen molar-refractivity contribution in [2.24, 2.45) is 11.7 Å². The number of nitrogens with zero attached hydrogens (tertiary/aromatic N) is 1. The van der Waals surface area contributed by atoms with E-state index in [-0.39, 0.29) is 0 Å². The topological polar surface area (TPSA) is 49.5 Å². The number of nitrogens with two attached hydrogens (primary N) is 1. The number of hydrogen-bond donors (Lipinski definition) is 2. The van der Waals surface area contributed by atoms with Gasteiger partial charge in [0.15, 0.2) is 0 Å². The Kier molecular flexibility index (Phi) is 7.20. The van der Waals surface area contributed by atoms with Gasteiger partial charge in [0.25, 0.3) is 0 Å². The summed E-state index contributed by atoms with van der Waals surface area (Å²) in [5.74, 6) is 0.740. The lowest BCUT2D eigenvalue weighted by Gasteiger charge is -2.28. The van der Waals surface area contributed by atoms with E-state index in [9.17, 15) is 5.11 Å². The fraction of sp³-hybridized carbons (Fsp3) is 1.00. The first-order valence-electron chi connectivity index (χ1n) is 6.41. The minimum atomic E-state index is -0.692. The van der Waals surface area contributed by atoms with Gasteiger partial charge in [-0.25, -0.2) is 0 Å². The summed E-state index contributed by atoms with van der Waals surface area (Å²) in [6.45, 7) is 9.96. The molecule has 0 rings (SSSR count). The molecule has 0 aliphatic rings. The van der Waals surface area contributed by atoms with E-state index in [1.807, 2.05) is 6.92 Å². The summed E-state index contributed by atoms with van der Waals surface area (Å²) in [6, 6.07) is 0.614. The molecule has 0 radical (unpaired) electrons. The Hall–Kier alpha value is -0.120. The second-order valence-corrected chi connectivity index (χ2v) is 5.76. The van der Waals surface area contributed by atoms with E-state index < -0.39 is 5.60 Å². The first kappa shape index (κ1) is 15.9. The van der Waals surface area contributed by atoms with Gasteiger partial charge in [-0.15, -0.1) is 0 Å². The van der Waals surface area contributed by atoms with Crippen molar-refractivity contribution in [2.45, 2.75) is 58.6 Å². The lowest BCUT2D eigenvalue weighted by molar-refractivity contribution is 0.0537. The lowest BCUT2D eigenvalue weighted by Crippen LogP contribution is -2.36. The first-order valence-corrected chi connectivity index (χ1v) is 6.41. The molecule has 0 aromatic carbocycles. The van der Waals surface area contributed by atoms with E-state index in [0.29, 0.717) is 12.6 Å². The number of rotatable bonds is 8. The molecule has 2 atom stereocenters. The van der Waals surface area contributed by atoms with Crippen molar-refractivity contribution in [2.75, 3.05) is 20.1 Å². The zero-order valence-corrected chi connectivity index (χ0v) is 11.7. The molecule has 0 aliphatic carbocycles. The molecule has 3 N–H and O–H groups in total. The summed E-state index contributed by atoms with van der Waals surface area (Å²) in [5, 5.41) is 9.78. The van der Waals surface area contributed by atoms with Gasteiger partial charge in [0.2, 0.25) is 0 Å². The van der Waals surface area contributed by atoms with E-state index in [4.69, 9.17) is 5.73 Å². The van der Waals surface area contributed by atoms with Crippen molar-refractivity contribution in [3.8, 4) is 0 Å². The zero-order valence-electron chi connectivity index (χ0n) is 11.7. The zero-order chi connectivity index (χ0) is 12.8. The lowest BCUT2D eigenvalue weighted by atomic mass is 9.99. The van der Waals surface area contributed by atoms with Crippen LogP contribution in [-0.4, -0.2) is 41.8 Å². The van der Waals surface area contributed by atoms with Crippen LogP contribution in [0, 0.1) is 5.92 Å². The maximum atomic E-state index is 9.78. The predicted octanol–water partition coefficient (Wildman–Crippen LogP) is 1.84. The third-order valence-corrected chi connectivity index (χ3v) is 3.23. The molecule has 98 valence electrons. The Bertz CT molecular complexity index is 181. The summed E-state index contributed by atoms with van der Waals surface area (Å²) >= 11 is 0. The minimum absolute atomic E-state index is 0.345. The largest absolute Gasteiger partial charge is 0.389 e. The van der Waals surface area contributed by atoms with Crippen molar-refractivity contribution >= 4 is 0 Å². The van der Waals surface area contributed by atoms with Crippen molar-refractivity contribution in [3.05, 3.63) is 0 Å². The van der Waals surface area contributed by atoms with Crippen LogP contribution >= 0.6 is 0 Å². The first-order chi connectivity index (χ1) is 7.28. The molecule has 16 heavy (non-hydrogen) atoms. The van der Waals surface area contributed by atoms with Crippen molar-refractivity contribution in [1.82, 2.24) is 4.90 Å².